The van der Waals surface area contributed by atoms with Gasteiger partial charge in [-0.05, 0) is 20.8 Å². The monoisotopic (exact) mass is 175 g/mol. The molecule has 0 rings (SSSR count). The first-order valence-electron chi connectivity index (χ1n) is 4.10. The molecule has 0 aromatic rings. The summed E-state index contributed by atoms with van der Waals surface area (Å²) in [5.41, 5.74) is 0. The molecule has 0 fully saturated rings. The van der Waals surface area contributed by atoms with E-state index < -0.39 is 0 Å². The third-order valence-electron chi connectivity index (χ3n) is 1.16. The molecule has 0 spiro atoms. The summed E-state index contributed by atoms with van der Waals surface area (Å²) in [6.07, 6.45) is 0.0763. The Morgan fingerprint density at radius 3 is 2.08 bits per heavy atom. The molecule has 0 radical (unpaired) electrons. The van der Waals surface area contributed by atoms with Gasteiger partial charge in [-0.2, -0.15) is 4.99 Å². The second-order valence-corrected chi connectivity index (χ2v) is 2.10. The molecule has 4 nitrogen and oxygen atoms in total. The van der Waals surface area contributed by atoms with Gasteiger partial charge in [0.1, 0.15) is 0 Å². The zero-order valence-corrected chi connectivity index (χ0v) is 8.16. The van der Waals surface area contributed by atoms with Crippen molar-refractivity contribution in [3.8, 4) is 0 Å². The lowest BCUT2D eigenvalue weighted by Crippen LogP contribution is -2.14. The third-order valence-corrected chi connectivity index (χ3v) is 1.16. The van der Waals surface area contributed by atoms with Crippen LogP contribution in [0.1, 0.15) is 20.8 Å². The van der Waals surface area contributed by atoms with Crippen LogP contribution in [-0.2, 0) is 14.2 Å². The fourth-order valence-corrected chi connectivity index (χ4v) is 0.564. The molecular weight excluding hydrogens is 158 g/mol. The molecule has 0 aromatic carbocycles. The largest absolute Gasteiger partial charge is 0.451 e. The van der Waals surface area contributed by atoms with E-state index >= 15 is 0 Å². The maximum Gasteiger partial charge on any atom is 0.386 e. The van der Waals surface area contributed by atoms with E-state index in [0.29, 0.717) is 19.3 Å². The van der Waals surface area contributed by atoms with Crippen molar-refractivity contribution in [2.45, 2.75) is 27.0 Å². The first-order chi connectivity index (χ1) is 5.74. The normalized spacial score (nSPS) is 12.0. The van der Waals surface area contributed by atoms with Crippen molar-refractivity contribution in [1.29, 1.82) is 0 Å². The van der Waals surface area contributed by atoms with Crippen molar-refractivity contribution in [3.05, 3.63) is 0 Å². The molecule has 0 saturated heterocycles. The summed E-state index contributed by atoms with van der Waals surface area (Å²) in [6.45, 7) is 6.68. The number of hydrogen-bond donors (Lipinski definition) is 0. The quantitative estimate of drug-likeness (QED) is 0.479. The standard InChI is InChI=1S/C8H17NO3/c1-5-11-8(12-6-2)9-7(3)10-4/h7H,5-6H2,1-4H3. The fourth-order valence-electron chi connectivity index (χ4n) is 0.564. The highest BCUT2D eigenvalue weighted by Gasteiger charge is 2.02. The van der Waals surface area contributed by atoms with Crippen LogP contribution in [0, 0.1) is 0 Å². The highest BCUT2D eigenvalue weighted by molar-refractivity contribution is 5.66. The van der Waals surface area contributed by atoms with Gasteiger partial charge in [-0.15, -0.1) is 0 Å². The van der Waals surface area contributed by atoms with Crippen molar-refractivity contribution in [2.75, 3.05) is 20.3 Å². The molecule has 0 heterocycles. The van der Waals surface area contributed by atoms with Gasteiger partial charge in [0, 0.05) is 7.11 Å². The Labute approximate surface area is 73.5 Å². The number of methoxy groups -OCH3 is 1. The molecule has 72 valence electrons. The van der Waals surface area contributed by atoms with Gasteiger partial charge >= 0.3 is 6.08 Å². The Morgan fingerprint density at radius 1 is 1.25 bits per heavy atom. The van der Waals surface area contributed by atoms with E-state index in [9.17, 15) is 0 Å². The van der Waals surface area contributed by atoms with E-state index in [2.05, 4.69) is 4.99 Å². The second-order valence-electron chi connectivity index (χ2n) is 2.10. The van der Waals surface area contributed by atoms with Crippen LogP contribution in [0.2, 0.25) is 0 Å². The van der Waals surface area contributed by atoms with Crippen LogP contribution >= 0.6 is 0 Å². The molecule has 0 aliphatic rings. The maximum atomic E-state index is 5.10. The topological polar surface area (TPSA) is 40.0 Å². The minimum atomic E-state index is -0.224. The molecule has 0 saturated carbocycles. The van der Waals surface area contributed by atoms with Gasteiger partial charge in [0.05, 0.1) is 13.2 Å². The van der Waals surface area contributed by atoms with Gasteiger partial charge in [-0.1, -0.05) is 0 Å². The van der Waals surface area contributed by atoms with E-state index in [1.165, 1.54) is 0 Å². The van der Waals surface area contributed by atoms with Crippen molar-refractivity contribution < 1.29 is 14.2 Å². The first kappa shape index (κ1) is 11.2. The van der Waals surface area contributed by atoms with Crippen molar-refractivity contribution >= 4 is 6.08 Å². The number of aliphatic imine (C=N–C) groups is 1. The van der Waals surface area contributed by atoms with Crippen LogP contribution < -0.4 is 0 Å². The molecule has 1 unspecified atom stereocenters. The zero-order chi connectivity index (χ0) is 9.40. The third kappa shape index (κ3) is 4.96. The summed E-state index contributed by atoms with van der Waals surface area (Å²) in [5, 5.41) is 0. The Morgan fingerprint density at radius 2 is 1.75 bits per heavy atom. The van der Waals surface area contributed by atoms with Crippen LogP contribution in [0.15, 0.2) is 4.99 Å². The van der Waals surface area contributed by atoms with E-state index in [0.717, 1.165) is 0 Å². The van der Waals surface area contributed by atoms with Gasteiger partial charge in [0.2, 0.25) is 0 Å². The lowest BCUT2D eigenvalue weighted by Gasteiger charge is -2.09. The molecule has 0 bridgehead atoms. The van der Waals surface area contributed by atoms with Crippen LogP contribution in [0.5, 0.6) is 0 Å². The van der Waals surface area contributed by atoms with Crippen LogP contribution in [0.4, 0.5) is 0 Å². The average Bonchev–Trinajstić information content (AvgIpc) is 2.05. The Hall–Kier alpha value is -0.770. The Kier molecular flexibility index (Phi) is 6.47. The van der Waals surface area contributed by atoms with Gasteiger partial charge in [0.15, 0.2) is 6.23 Å². The van der Waals surface area contributed by atoms with Gasteiger partial charge < -0.3 is 14.2 Å². The molecular formula is C8H17NO3. The minimum Gasteiger partial charge on any atom is -0.451 e. The number of nitrogens with zero attached hydrogens (tertiary/aromatic N) is 1. The molecule has 1 atom stereocenters. The van der Waals surface area contributed by atoms with Crippen molar-refractivity contribution in [3.63, 3.8) is 0 Å². The predicted octanol–water partition coefficient (Wildman–Crippen LogP) is 1.41. The molecule has 12 heavy (non-hydrogen) atoms. The van der Waals surface area contributed by atoms with Crippen LogP contribution in [0.3, 0.4) is 0 Å². The van der Waals surface area contributed by atoms with Gasteiger partial charge in [-0.3, -0.25) is 0 Å². The highest BCUT2D eigenvalue weighted by atomic mass is 16.7. The first-order valence-corrected chi connectivity index (χ1v) is 4.10. The summed E-state index contributed by atoms with van der Waals surface area (Å²) in [7, 11) is 1.59. The maximum absolute atomic E-state index is 5.10. The number of hydrogen-bond acceptors (Lipinski definition) is 4. The SMILES string of the molecule is CCOC(=NC(C)OC)OCC. The van der Waals surface area contributed by atoms with Crippen LogP contribution in [-0.4, -0.2) is 32.6 Å². The molecule has 0 amide bonds. The van der Waals surface area contributed by atoms with E-state index in [4.69, 9.17) is 14.2 Å². The highest BCUT2D eigenvalue weighted by Crippen LogP contribution is 1.94. The smallest absolute Gasteiger partial charge is 0.386 e. The summed E-state index contributed by atoms with van der Waals surface area (Å²) in [5.74, 6) is 0. The van der Waals surface area contributed by atoms with E-state index in [1.807, 2.05) is 20.8 Å². The molecule has 0 N–H and O–H groups in total. The number of rotatable bonds is 4. The fraction of sp³-hybridized carbons (Fsp3) is 0.875. The van der Waals surface area contributed by atoms with Crippen molar-refractivity contribution in [1.82, 2.24) is 0 Å². The summed E-state index contributed by atoms with van der Waals surface area (Å²) in [4.78, 5) is 4.02. The Bertz CT molecular complexity index is 128. The lowest BCUT2D eigenvalue weighted by molar-refractivity contribution is 0.109. The second kappa shape index (κ2) is 6.91. The average molecular weight is 175 g/mol. The molecule has 0 aliphatic carbocycles. The molecule has 0 aromatic heterocycles. The van der Waals surface area contributed by atoms with Gasteiger partial charge in [-0.25, -0.2) is 0 Å². The zero-order valence-electron chi connectivity index (χ0n) is 8.16. The van der Waals surface area contributed by atoms with Crippen LogP contribution in [0.25, 0.3) is 0 Å². The Balaban J connectivity index is 3.96. The summed E-state index contributed by atoms with van der Waals surface area (Å²) in [6, 6.07) is 0. The molecule has 0 aliphatic heterocycles. The lowest BCUT2D eigenvalue weighted by atomic mass is 10.7. The predicted molar refractivity (Wildman–Crippen MR) is 47.2 cm³/mol. The summed E-state index contributed by atoms with van der Waals surface area (Å²) < 4.78 is 15.1. The molecule has 4 heteroatoms. The van der Waals surface area contributed by atoms with Gasteiger partial charge in [0.25, 0.3) is 0 Å². The van der Waals surface area contributed by atoms with Crippen molar-refractivity contribution in [2.24, 2.45) is 4.99 Å². The minimum absolute atomic E-state index is 0.224. The summed E-state index contributed by atoms with van der Waals surface area (Å²) >= 11 is 0. The van der Waals surface area contributed by atoms with E-state index in [-0.39, 0.29) is 6.23 Å². The number of ether oxygens (including phenoxy) is 3. The van der Waals surface area contributed by atoms with E-state index in [1.54, 1.807) is 7.11 Å².